The minimum atomic E-state index is -0.0468. The number of likely N-dealkylation sites (tertiary alicyclic amines) is 1. The van der Waals surface area contributed by atoms with Crippen molar-refractivity contribution >= 4 is 5.91 Å². The molecule has 4 N–H and O–H groups in total. The predicted octanol–water partition coefficient (Wildman–Crippen LogP) is 0.659. The highest BCUT2D eigenvalue weighted by Gasteiger charge is 2.28. The number of hydrogen-bond donors (Lipinski definition) is 2. The molecule has 0 bridgehead atoms. The van der Waals surface area contributed by atoms with Gasteiger partial charge in [0.2, 0.25) is 5.91 Å². The van der Waals surface area contributed by atoms with Crippen molar-refractivity contribution in [3.8, 4) is 0 Å². The Kier molecular flexibility index (Phi) is 5.05. The minimum Gasteiger partial charge on any atom is -0.330 e. The third kappa shape index (κ3) is 3.47. The van der Waals surface area contributed by atoms with Crippen LogP contribution in [0, 0.1) is 5.92 Å². The summed E-state index contributed by atoms with van der Waals surface area (Å²) < 4.78 is 0. The van der Waals surface area contributed by atoms with Crippen LogP contribution in [0.4, 0.5) is 0 Å². The van der Waals surface area contributed by atoms with Crippen LogP contribution in [0.25, 0.3) is 0 Å². The third-order valence-corrected chi connectivity index (χ3v) is 3.10. The quantitative estimate of drug-likeness (QED) is 0.659. The summed E-state index contributed by atoms with van der Waals surface area (Å²) in [7, 11) is 0. The molecular formula is C11H23N3O. The van der Waals surface area contributed by atoms with Gasteiger partial charge in [-0.05, 0) is 32.2 Å². The summed E-state index contributed by atoms with van der Waals surface area (Å²) in [6, 6.07) is 0. The molecule has 1 rings (SSSR count). The first-order valence-corrected chi connectivity index (χ1v) is 5.93. The molecule has 1 saturated heterocycles. The van der Waals surface area contributed by atoms with Crippen LogP contribution in [0.5, 0.6) is 0 Å². The van der Waals surface area contributed by atoms with Crippen molar-refractivity contribution in [2.75, 3.05) is 13.1 Å². The molecule has 4 nitrogen and oxygen atoms in total. The molecule has 4 heteroatoms. The molecule has 0 radical (unpaired) electrons. The smallest absolute Gasteiger partial charge is 0.226 e. The topological polar surface area (TPSA) is 72.4 Å². The van der Waals surface area contributed by atoms with Crippen LogP contribution in [-0.4, -0.2) is 30.1 Å². The van der Waals surface area contributed by atoms with Gasteiger partial charge in [-0.15, -0.1) is 0 Å². The van der Waals surface area contributed by atoms with Crippen molar-refractivity contribution < 1.29 is 4.79 Å². The molecule has 0 aromatic carbocycles. The van der Waals surface area contributed by atoms with Crippen molar-refractivity contribution in [2.24, 2.45) is 17.4 Å². The van der Waals surface area contributed by atoms with E-state index in [2.05, 4.69) is 0 Å². The maximum Gasteiger partial charge on any atom is 0.226 e. The molecule has 15 heavy (non-hydrogen) atoms. The zero-order valence-electron chi connectivity index (χ0n) is 9.61. The van der Waals surface area contributed by atoms with Gasteiger partial charge in [0.15, 0.2) is 0 Å². The Labute approximate surface area is 92.0 Å². The second-order valence-corrected chi connectivity index (χ2v) is 4.43. The predicted molar refractivity (Wildman–Crippen MR) is 61.0 cm³/mol. The zero-order valence-corrected chi connectivity index (χ0v) is 9.61. The van der Waals surface area contributed by atoms with Gasteiger partial charge in [-0.1, -0.05) is 13.3 Å². The molecule has 0 aromatic heterocycles. The highest BCUT2D eigenvalue weighted by molar-refractivity contribution is 5.79. The second-order valence-electron chi connectivity index (χ2n) is 4.43. The minimum absolute atomic E-state index is 0.0468. The molecule has 0 aliphatic carbocycles. The highest BCUT2D eigenvalue weighted by atomic mass is 16.2. The molecule has 1 heterocycles. The molecule has 0 aromatic rings. The summed E-state index contributed by atoms with van der Waals surface area (Å²) in [5.74, 6) is 0.317. The maximum atomic E-state index is 12.0. The van der Waals surface area contributed by atoms with Crippen molar-refractivity contribution in [3.63, 3.8) is 0 Å². The SMILES string of the molecule is CC(CCCCN)C(=O)N1CCCC1N. The first kappa shape index (κ1) is 12.5. The summed E-state index contributed by atoms with van der Waals surface area (Å²) in [5.41, 5.74) is 11.3. The summed E-state index contributed by atoms with van der Waals surface area (Å²) >= 11 is 0. The van der Waals surface area contributed by atoms with E-state index in [0.717, 1.165) is 38.6 Å². The summed E-state index contributed by atoms with van der Waals surface area (Å²) in [4.78, 5) is 13.8. The number of hydrogen-bond acceptors (Lipinski definition) is 3. The Balaban J connectivity index is 2.31. The van der Waals surface area contributed by atoms with E-state index in [9.17, 15) is 4.79 Å². The van der Waals surface area contributed by atoms with Crippen molar-refractivity contribution in [1.82, 2.24) is 4.90 Å². The van der Waals surface area contributed by atoms with Crippen LogP contribution in [0.2, 0.25) is 0 Å². The lowest BCUT2D eigenvalue weighted by Gasteiger charge is -2.24. The van der Waals surface area contributed by atoms with Crippen LogP contribution >= 0.6 is 0 Å². The van der Waals surface area contributed by atoms with Gasteiger partial charge in [-0.25, -0.2) is 0 Å². The van der Waals surface area contributed by atoms with Crippen LogP contribution in [0.3, 0.4) is 0 Å². The van der Waals surface area contributed by atoms with Gasteiger partial charge in [0.25, 0.3) is 0 Å². The van der Waals surface area contributed by atoms with Gasteiger partial charge in [-0.2, -0.15) is 0 Å². The molecule has 2 atom stereocenters. The van der Waals surface area contributed by atoms with Crippen molar-refractivity contribution in [2.45, 2.75) is 45.2 Å². The monoisotopic (exact) mass is 213 g/mol. The molecule has 2 unspecified atom stereocenters. The number of unbranched alkanes of at least 4 members (excludes halogenated alkanes) is 1. The number of carbonyl (C=O) groups is 1. The first-order valence-electron chi connectivity index (χ1n) is 5.93. The fourth-order valence-electron chi connectivity index (χ4n) is 2.07. The van der Waals surface area contributed by atoms with Crippen molar-refractivity contribution in [1.29, 1.82) is 0 Å². The number of amides is 1. The lowest BCUT2D eigenvalue weighted by Crippen LogP contribution is -2.43. The van der Waals surface area contributed by atoms with Crippen LogP contribution < -0.4 is 11.5 Å². The maximum absolute atomic E-state index is 12.0. The van der Waals surface area contributed by atoms with Gasteiger partial charge in [0.1, 0.15) is 0 Å². The largest absolute Gasteiger partial charge is 0.330 e. The molecule has 0 spiro atoms. The first-order chi connectivity index (χ1) is 7.16. The van der Waals surface area contributed by atoms with E-state index in [4.69, 9.17) is 11.5 Å². The number of nitrogens with zero attached hydrogens (tertiary/aromatic N) is 1. The third-order valence-electron chi connectivity index (χ3n) is 3.10. The van der Waals surface area contributed by atoms with Crippen LogP contribution in [0.1, 0.15) is 39.0 Å². The summed E-state index contributed by atoms with van der Waals surface area (Å²) in [6.07, 6.45) is 4.91. The lowest BCUT2D eigenvalue weighted by atomic mass is 10.0. The molecule has 88 valence electrons. The van der Waals surface area contributed by atoms with E-state index in [1.165, 1.54) is 0 Å². The highest BCUT2D eigenvalue weighted by Crippen LogP contribution is 2.18. The molecule has 1 aliphatic heterocycles. The number of carbonyl (C=O) groups excluding carboxylic acids is 1. The number of nitrogens with two attached hydrogens (primary N) is 2. The number of rotatable bonds is 5. The molecule has 0 saturated carbocycles. The lowest BCUT2D eigenvalue weighted by molar-refractivity contribution is -0.135. The van der Waals surface area contributed by atoms with Gasteiger partial charge in [0, 0.05) is 12.5 Å². The van der Waals surface area contributed by atoms with E-state index < -0.39 is 0 Å². The van der Waals surface area contributed by atoms with Crippen LogP contribution in [0.15, 0.2) is 0 Å². The second kappa shape index (κ2) is 6.08. The Morgan fingerprint density at radius 3 is 2.80 bits per heavy atom. The van der Waals surface area contributed by atoms with Crippen LogP contribution in [-0.2, 0) is 4.79 Å². The summed E-state index contributed by atoms with van der Waals surface area (Å²) in [5, 5.41) is 0. The van der Waals surface area contributed by atoms with Crippen molar-refractivity contribution in [3.05, 3.63) is 0 Å². The molecule has 1 fully saturated rings. The zero-order chi connectivity index (χ0) is 11.3. The van der Waals surface area contributed by atoms with Gasteiger partial charge in [0.05, 0.1) is 6.17 Å². The summed E-state index contributed by atoms with van der Waals surface area (Å²) in [6.45, 7) is 3.54. The van der Waals surface area contributed by atoms with E-state index in [0.29, 0.717) is 6.54 Å². The standard InChI is InChI=1S/C11H23N3O/c1-9(5-2-3-7-12)11(15)14-8-4-6-10(14)13/h9-10H,2-8,12-13H2,1H3. The normalized spacial score (nSPS) is 23.1. The Bertz CT molecular complexity index is 208. The van der Waals surface area contributed by atoms with Gasteiger partial charge >= 0.3 is 0 Å². The fourth-order valence-corrected chi connectivity index (χ4v) is 2.07. The van der Waals surface area contributed by atoms with Gasteiger partial charge in [-0.3, -0.25) is 4.79 Å². The average Bonchev–Trinajstić information content (AvgIpc) is 2.63. The average molecular weight is 213 g/mol. The molecule has 1 amide bonds. The van der Waals surface area contributed by atoms with E-state index in [1.807, 2.05) is 11.8 Å². The molecular weight excluding hydrogens is 190 g/mol. The van der Waals surface area contributed by atoms with E-state index in [-0.39, 0.29) is 18.0 Å². The molecule has 1 aliphatic rings. The Hall–Kier alpha value is -0.610. The van der Waals surface area contributed by atoms with Gasteiger partial charge < -0.3 is 16.4 Å². The van der Waals surface area contributed by atoms with E-state index >= 15 is 0 Å². The van der Waals surface area contributed by atoms with E-state index in [1.54, 1.807) is 0 Å². The Morgan fingerprint density at radius 1 is 1.53 bits per heavy atom. The fraction of sp³-hybridized carbons (Fsp3) is 0.909. The Morgan fingerprint density at radius 2 is 2.27 bits per heavy atom.